The summed E-state index contributed by atoms with van der Waals surface area (Å²) in [4.78, 5) is 24.4. The van der Waals surface area contributed by atoms with E-state index in [-0.39, 0.29) is 35.9 Å². The molecule has 3 heterocycles. The molecule has 222 valence electrons. The molecule has 2 aliphatic heterocycles. The average Bonchev–Trinajstić information content (AvgIpc) is 3.74. The lowest BCUT2D eigenvalue weighted by atomic mass is 9.97. The van der Waals surface area contributed by atoms with Gasteiger partial charge in [-0.3, -0.25) is 4.79 Å². The first-order chi connectivity index (χ1) is 21.0. The first kappa shape index (κ1) is 28.9. The second kappa shape index (κ2) is 13.4. The minimum absolute atomic E-state index is 0.0415. The summed E-state index contributed by atoms with van der Waals surface area (Å²) in [5.74, 6) is 0.504. The van der Waals surface area contributed by atoms with Crippen LogP contribution in [0.3, 0.4) is 0 Å². The largest absolute Gasteiger partial charge is 0.348 e. The molecule has 2 fully saturated rings. The van der Waals surface area contributed by atoms with Gasteiger partial charge in [0.15, 0.2) is 0 Å². The Morgan fingerprint density at radius 1 is 1.00 bits per heavy atom. The number of fused-ring (bicyclic) bond motifs is 1. The maximum Gasteiger partial charge on any atom is 0.315 e. The molecule has 0 aliphatic carbocycles. The molecule has 4 atom stereocenters. The summed E-state index contributed by atoms with van der Waals surface area (Å²) in [5, 5.41) is 18.4. The van der Waals surface area contributed by atoms with Gasteiger partial charge in [-0.05, 0) is 60.2 Å². The van der Waals surface area contributed by atoms with E-state index in [1.807, 2.05) is 66.5 Å². The summed E-state index contributed by atoms with van der Waals surface area (Å²) in [7, 11) is 0. The van der Waals surface area contributed by atoms with Gasteiger partial charge in [-0.2, -0.15) is 11.8 Å². The first-order valence-electron chi connectivity index (χ1n) is 14.8. The van der Waals surface area contributed by atoms with Crippen LogP contribution in [0.5, 0.6) is 0 Å². The molecule has 3 N–H and O–H groups in total. The number of urea groups is 1. The van der Waals surface area contributed by atoms with E-state index in [4.69, 9.17) is 0 Å². The third-order valence-corrected chi connectivity index (χ3v) is 9.64. The zero-order chi connectivity index (χ0) is 29.6. The van der Waals surface area contributed by atoms with Gasteiger partial charge in [0.25, 0.3) is 5.91 Å². The van der Waals surface area contributed by atoms with Crippen molar-refractivity contribution in [3.8, 4) is 0 Å². The number of aryl methyl sites for hydroxylation is 1. The van der Waals surface area contributed by atoms with Gasteiger partial charge in [-0.1, -0.05) is 72.7 Å². The van der Waals surface area contributed by atoms with Crippen LogP contribution in [0.2, 0.25) is 0 Å². The van der Waals surface area contributed by atoms with E-state index in [0.717, 1.165) is 60.2 Å². The number of rotatable bonds is 12. The zero-order valence-corrected chi connectivity index (χ0v) is 24.6. The highest BCUT2D eigenvalue weighted by atomic mass is 32.2. The third-order valence-electron chi connectivity index (χ3n) is 8.13. The maximum absolute atomic E-state index is 14.3. The third kappa shape index (κ3) is 7.07. The van der Waals surface area contributed by atoms with Crippen LogP contribution in [-0.4, -0.2) is 50.0 Å². The van der Waals surface area contributed by atoms with E-state index in [0.29, 0.717) is 17.4 Å². The lowest BCUT2D eigenvalue weighted by Crippen LogP contribution is -2.36. The Morgan fingerprint density at radius 3 is 2.65 bits per heavy atom. The van der Waals surface area contributed by atoms with Crippen molar-refractivity contribution in [3.05, 3.63) is 119 Å². The fourth-order valence-corrected chi connectivity index (χ4v) is 7.44. The number of carbonyl (C=O) groups excluding carboxylic acids is 2. The van der Waals surface area contributed by atoms with Crippen molar-refractivity contribution < 1.29 is 14.0 Å². The highest BCUT2D eigenvalue weighted by molar-refractivity contribution is 8.00. The fraction of sp³-hybridized carbons (Fsp3) is 0.333. The Labute approximate surface area is 254 Å². The van der Waals surface area contributed by atoms with Crippen LogP contribution in [0.25, 0.3) is 0 Å². The number of benzene rings is 3. The number of halogens is 1. The van der Waals surface area contributed by atoms with Gasteiger partial charge in [-0.25, -0.2) is 13.9 Å². The Morgan fingerprint density at radius 2 is 1.84 bits per heavy atom. The maximum atomic E-state index is 14.3. The number of amides is 3. The normalized spacial score (nSPS) is 19.8. The topological polar surface area (TPSA) is 101 Å². The number of carbonyl (C=O) groups is 2. The van der Waals surface area contributed by atoms with Gasteiger partial charge in [0.2, 0.25) is 0 Å². The molecule has 1 aromatic heterocycles. The Hall–Kier alpha value is -4.18. The standard InChI is InChI=1S/C33H35FN6O2S/c34-26-11-7-10-25(18-26)31(23-14-16-24(17-15-23)32(41)35-19-22-8-3-1-4-9-22)40-20-27(38-39-40)12-5-2-6-13-29-30-28(21-43-29)36-33(42)37-30/h1,3-4,7-11,14-18,20,28-31H,2,5-6,12-13,19,21H2,(H,35,41)(H2,36,37,42)/t28-,29-,30-,31?/m0/s1. The molecule has 3 aromatic carbocycles. The average molecular weight is 599 g/mol. The van der Waals surface area contributed by atoms with Crippen molar-refractivity contribution in [2.24, 2.45) is 0 Å². The van der Waals surface area contributed by atoms with Crippen molar-refractivity contribution in [2.75, 3.05) is 5.75 Å². The number of unbranched alkanes of at least 4 members (excludes halogenated alkanes) is 2. The summed E-state index contributed by atoms with van der Waals surface area (Å²) in [6.45, 7) is 0.450. The van der Waals surface area contributed by atoms with Crippen molar-refractivity contribution >= 4 is 23.7 Å². The van der Waals surface area contributed by atoms with Crippen molar-refractivity contribution in [3.63, 3.8) is 0 Å². The molecule has 0 spiro atoms. The summed E-state index contributed by atoms with van der Waals surface area (Å²) < 4.78 is 16.1. The molecule has 8 nitrogen and oxygen atoms in total. The lowest BCUT2D eigenvalue weighted by molar-refractivity contribution is 0.0951. The smallest absolute Gasteiger partial charge is 0.315 e. The number of hydrogen-bond acceptors (Lipinski definition) is 5. The van der Waals surface area contributed by atoms with E-state index in [2.05, 4.69) is 26.3 Å². The minimum Gasteiger partial charge on any atom is -0.348 e. The van der Waals surface area contributed by atoms with E-state index >= 15 is 0 Å². The monoisotopic (exact) mass is 598 g/mol. The Bertz CT molecular complexity index is 1550. The number of hydrogen-bond donors (Lipinski definition) is 3. The van der Waals surface area contributed by atoms with Crippen molar-refractivity contribution in [1.29, 1.82) is 0 Å². The van der Waals surface area contributed by atoms with Crippen molar-refractivity contribution in [1.82, 2.24) is 30.9 Å². The lowest BCUT2D eigenvalue weighted by Gasteiger charge is -2.18. The molecular weight excluding hydrogens is 563 g/mol. The van der Waals surface area contributed by atoms with E-state index in [1.54, 1.807) is 22.9 Å². The highest BCUT2D eigenvalue weighted by Crippen LogP contribution is 2.33. The van der Waals surface area contributed by atoms with Crippen LogP contribution < -0.4 is 16.0 Å². The van der Waals surface area contributed by atoms with Gasteiger partial charge in [0, 0.05) is 29.3 Å². The second-order valence-corrected chi connectivity index (χ2v) is 12.4. The first-order valence-corrected chi connectivity index (χ1v) is 15.9. The molecule has 6 rings (SSSR count). The summed E-state index contributed by atoms with van der Waals surface area (Å²) in [6, 6.07) is 23.7. The SMILES string of the molecule is O=C1N[C@H]2[C@H](CS[C@H]2CCCCCc2cn(C(c3ccc(C(=O)NCc4ccccc4)cc3)c3cccc(F)c3)nn2)N1. The number of thioether (sulfide) groups is 1. The van der Waals surface area contributed by atoms with Crippen LogP contribution in [0.4, 0.5) is 9.18 Å². The number of nitrogens with one attached hydrogen (secondary N) is 3. The van der Waals surface area contributed by atoms with Gasteiger partial charge >= 0.3 is 6.03 Å². The predicted octanol–water partition coefficient (Wildman–Crippen LogP) is 5.25. The van der Waals surface area contributed by atoms with E-state index < -0.39 is 0 Å². The molecule has 43 heavy (non-hydrogen) atoms. The molecule has 10 heteroatoms. The fourth-order valence-electron chi connectivity index (χ4n) is 5.90. The predicted molar refractivity (Wildman–Crippen MR) is 165 cm³/mol. The Balaban J connectivity index is 1.07. The molecule has 0 bridgehead atoms. The molecule has 0 radical (unpaired) electrons. The van der Waals surface area contributed by atoms with Gasteiger partial charge in [0.1, 0.15) is 11.9 Å². The highest BCUT2D eigenvalue weighted by Gasteiger charge is 2.42. The second-order valence-electron chi connectivity index (χ2n) is 11.2. The molecular formula is C33H35FN6O2S. The molecule has 2 saturated heterocycles. The minimum atomic E-state index is -0.388. The van der Waals surface area contributed by atoms with E-state index in [1.165, 1.54) is 12.1 Å². The number of aromatic nitrogens is 3. The number of nitrogens with zero attached hydrogens (tertiary/aromatic N) is 3. The molecule has 1 unspecified atom stereocenters. The summed E-state index contributed by atoms with van der Waals surface area (Å²) in [6.07, 6.45) is 6.99. The van der Waals surface area contributed by atoms with Crippen LogP contribution >= 0.6 is 11.8 Å². The molecule has 3 amide bonds. The zero-order valence-electron chi connectivity index (χ0n) is 23.8. The van der Waals surface area contributed by atoms with Crippen LogP contribution in [-0.2, 0) is 13.0 Å². The van der Waals surface area contributed by atoms with E-state index in [9.17, 15) is 14.0 Å². The van der Waals surface area contributed by atoms with Crippen LogP contribution in [0.15, 0.2) is 85.1 Å². The molecule has 2 aliphatic rings. The molecule has 0 saturated carbocycles. The Kier molecular flexibility index (Phi) is 9.02. The summed E-state index contributed by atoms with van der Waals surface area (Å²) in [5.41, 5.74) is 4.10. The van der Waals surface area contributed by atoms with Gasteiger partial charge in [0.05, 0.1) is 17.8 Å². The van der Waals surface area contributed by atoms with Crippen LogP contribution in [0, 0.1) is 5.82 Å². The van der Waals surface area contributed by atoms with Gasteiger partial charge < -0.3 is 16.0 Å². The summed E-state index contributed by atoms with van der Waals surface area (Å²) >= 11 is 1.95. The van der Waals surface area contributed by atoms with Gasteiger partial charge in [-0.15, -0.1) is 5.10 Å². The quantitative estimate of drug-likeness (QED) is 0.153. The van der Waals surface area contributed by atoms with Crippen molar-refractivity contribution in [2.45, 2.75) is 62.0 Å². The molecule has 4 aromatic rings. The van der Waals surface area contributed by atoms with Crippen LogP contribution in [0.1, 0.15) is 64.5 Å².